The number of hydrogen-bond donors (Lipinski definition) is 1. The van der Waals surface area contributed by atoms with Crippen LogP contribution >= 0.6 is 11.6 Å². The molecule has 1 saturated carbocycles. The molecular weight excluding hydrogens is 270 g/mol. The molecule has 0 amide bonds. The summed E-state index contributed by atoms with van der Waals surface area (Å²) in [5.41, 5.74) is 1.24. The van der Waals surface area contributed by atoms with Gasteiger partial charge in [-0.25, -0.2) is 4.98 Å². The molecule has 0 saturated heterocycles. The van der Waals surface area contributed by atoms with E-state index < -0.39 is 0 Å². The van der Waals surface area contributed by atoms with E-state index in [1.54, 1.807) is 0 Å². The summed E-state index contributed by atoms with van der Waals surface area (Å²) < 4.78 is 2.20. The van der Waals surface area contributed by atoms with E-state index in [1.807, 2.05) is 24.5 Å². The first-order valence-electron chi connectivity index (χ1n) is 7.29. The van der Waals surface area contributed by atoms with Gasteiger partial charge in [0.15, 0.2) is 0 Å². The van der Waals surface area contributed by atoms with Crippen molar-refractivity contribution in [1.82, 2.24) is 9.55 Å². The van der Waals surface area contributed by atoms with Crippen molar-refractivity contribution >= 4 is 17.5 Å². The fraction of sp³-hybridized carbons (Fsp3) is 0.438. The Balaban J connectivity index is 1.79. The highest BCUT2D eigenvalue weighted by atomic mass is 35.5. The van der Waals surface area contributed by atoms with Crippen LogP contribution in [-0.4, -0.2) is 15.6 Å². The first-order chi connectivity index (χ1) is 9.74. The van der Waals surface area contributed by atoms with Gasteiger partial charge in [-0.3, -0.25) is 0 Å². The van der Waals surface area contributed by atoms with Crippen LogP contribution in [0.3, 0.4) is 0 Å². The lowest BCUT2D eigenvalue weighted by atomic mass is 10.1. The van der Waals surface area contributed by atoms with Crippen molar-refractivity contribution < 1.29 is 0 Å². The molecule has 3 rings (SSSR count). The van der Waals surface area contributed by atoms with Crippen LogP contribution in [0.25, 0.3) is 0 Å². The summed E-state index contributed by atoms with van der Waals surface area (Å²) >= 11 is 5.95. The molecule has 1 aromatic heterocycles. The molecule has 1 aromatic carbocycles. The first kappa shape index (κ1) is 13.5. The van der Waals surface area contributed by atoms with Gasteiger partial charge in [0.25, 0.3) is 0 Å². The van der Waals surface area contributed by atoms with E-state index in [4.69, 9.17) is 11.6 Å². The van der Waals surface area contributed by atoms with Crippen molar-refractivity contribution in [3.8, 4) is 0 Å². The van der Waals surface area contributed by atoms with Crippen LogP contribution in [0.1, 0.15) is 44.2 Å². The summed E-state index contributed by atoms with van der Waals surface area (Å²) in [5, 5.41) is 4.35. The number of aromatic nitrogens is 2. The van der Waals surface area contributed by atoms with Gasteiger partial charge < -0.3 is 9.88 Å². The summed E-state index contributed by atoms with van der Waals surface area (Å²) in [5.74, 6) is 0.972. The molecule has 0 spiro atoms. The lowest BCUT2D eigenvalue weighted by Gasteiger charge is -2.20. The van der Waals surface area contributed by atoms with Gasteiger partial charge in [-0.2, -0.15) is 0 Å². The predicted octanol–water partition coefficient (Wildman–Crippen LogP) is 4.50. The fourth-order valence-corrected chi connectivity index (χ4v) is 3.02. The minimum Gasteiger partial charge on any atom is -0.353 e. The number of benzene rings is 1. The molecule has 0 radical (unpaired) electrons. The van der Waals surface area contributed by atoms with E-state index in [2.05, 4.69) is 33.9 Å². The summed E-state index contributed by atoms with van der Waals surface area (Å²) in [6.45, 7) is 2.19. The average molecular weight is 290 g/mol. The third-order valence-corrected chi connectivity index (χ3v) is 4.38. The number of halogens is 1. The fourth-order valence-electron chi connectivity index (χ4n) is 2.89. The standard InChI is InChI=1S/C16H20ClN3/c1-12(13-6-8-14(17)9-7-13)20-11-10-18-16(20)19-15-4-2-3-5-15/h6-12,15H,2-5H2,1H3,(H,18,19). The van der Waals surface area contributed by atoms with Gasteiger partial charge in [0, 0.05) is 23.5 Å². The van der Waals surface area contributed by atoms with E-state index in [1.165, 1.54) is 31.2 Å². The molecular formula is C16H20ClN3. The van der Waals surface area contributed by atoms with E-state index in [0.717, 1.165) is 11.0 Å². The molecule has 106 valence electrons. The number of nitrogens with one attached hydrogen (secondary N) is 1. The van der Waals surface area contributed by atoms with Crippen molar-refractivity contribution in [1.29, 1.82) is 0 Å². The first-order valence-corrected chi connectivity index (χ1v) is 7.66. The second-order valence-electron chi connectivity index (χ2n) is 5.51. The van der Waals surface area contributed by atoms with Crippen LogP contribution < -0.4 is 5.32 Å². The normalized spacial score (nSPS) is 17.3. The second kappa shape index (κ2) is 5.88. The van der Waals surface area contributed by atoms with Crippen LogP contribution in [0.15, 0.2) is 36.7 Å². The zero-order valence-electron chi connectivity index (χ0n) is 11.7. The topological polar surface area (TPSA) is 29.9 Å². The third kappa shape index (κ3) is 2.83. The number of hydrogen-bond acceptors (Lipinski definition) is 2. The van der Waals surface area contributed by atoms with Gasteiger partial charge in [0.2, 0.25) is 5.95 Å². The zero-order valence-corrected chi connectivity index (χ0v) is 12.5. The third-order valence-electron chi connectivity index (χ3n) is 4.13. The van der Waals surface area contributed by atoms with Gasteiger partial charge in [-0.1, -0.05) is 36.6 Å². The van der Waals surface area contributed by atoms with Crippen LogP contribution in [-0.2, 0) is 0 Å². The molecule has 0 bridgehead atoms. The molecule has 4 heteroatoms. The molecule has 0 aliphatic heterocycles. The van der Waals surface area contributed by atoms with Crippen molar-refractivity contribution in [3.05, 3.63) is 47.2 Å². The minimum absolute atomic E-state index is 0.249. The SMILES string of the molecule is CC(c1ccc(Cl)cc1)n1ccnc1NC1CCCC1. The van der Waals surface area contributed by atoms with Crippen molar-refractivity contribution in [2.24, 2.45) is 0 Å². The Morgan fingerprint density at radius 1 is 1.25 bits per heavy atom. The lowest BCUT2D eigenvalue weighted by molar-refractivity contribution is 0.630. The molecule has 1 unspecified atom stereocenters. The maximum absolute atomic E-state index is 5.95. The van der Waals surface area contributed by atoms with Crippen LogP contribution in [0.5, 0.6) is 0 Å². The van der Waals surface area contributed by atoms with E-state index >= 15 is 0 Å². The van der Waals surface area contributed by atoms with E-state index in [9.17, 15) is 0 Å². The molecule has 1 fully saturated rings. The highest BCUT2D eigenvalue weighted by Crippen LogP contribution is 2.26. The van der Waals surface area contributed by atoms with Crippen LogP contribution in [0.2, 0.25) is 5.02 Å². The van der Waals surface area contributed by atoms with Crippen molar-refractivity contribution in [2.75, 3.05) is 5.32 Å². The van der Waals surface area contributed by atoms with Crippen molar-refractivity contribution in [2.45, 2.75) is 44.7 Å². The molecule has 20 heavy (non-hydrogen) atoms. The Morgan fingerprint density at radius 3 is 2.65 bits per heavy atom. The number of anilines is 1. The smallest absolute Gasteiger partial charge is 0.203 e. The Labute approximate surface area is 125 Å². The second-order valence-corrected chi connectivity index (χ2v) is 5.95. The van der Waals surface area contributed by atoms with Gasteiger partial charge in [-0.05, 0) is 37.5 Å². The summed E-state index contributed by atoms with van der Waals surface area (Å²) in [4.78, 5) is 4.47. The highest BCUT2D eigenvalue weighted by molar-refractivity contribution is 6.30. The van der Waals surface area contributed by atoms with Gasteiger partial charge in [-0.15, -0.1) is 0 Å². The molecule has 2 aromatic rings. The average Bonchev–Trinajstić information content (AvgIpc) is 3.11. The molecule has 1 aliphatic carbocycles. The van der Waals surface area contributed by atoms with Crippen LogP contribution in [0, 0.1) is 0 Å². The van der Waals surface area contributed by atoms with Crippen molar-refractivity contribution in [3.63, 3.8) is 0 Å². The number of imidazole rings is 1. The number of nitrogens with zero attached hydrogens (tertiary/aromatic N) is 2. The minimum atomic E-state index is 0.249. The van der Waals surface area contributed by atoms with E-state index in [0.29, 0.717) is 6.04 Å². The molecule has 1 atom stereocenters. The molecule has 1 aliphatic rings. The molecule has 1 N–H and O–H groups in total. The summed E-state index contributed by atoms with van der Waals surface area (Å²) in [7, 11) is 0. The lowest BCUT2D eigenvalue weighted by Crippen LogP contribution is -2.19. The Kier molecular flexibility index (Phi) is 3.97. The largest absolute Gasteiger partial charge is 0.353 e. The molecule has 1 heterocycles. The number of rotatable bonds is 4. The van der Waals surface area contributed by atoms with Gasteiger partial charge >= 0.3 is 0 Å². The van der Waals surface area contributed by atoms with Gasteiger partial charge in [0.05, 0.1) is 6.04 Å². The quantitative estimate of drug-likeness (QED) is 0.898. The maximum Gasteiger partial charge on any atom is 0.203 e. The zero-order chi connectivity index (χ0) is 13.9. The van der Waals surface area contributed by atoms with Crippen LogP contribution in [0.4, 0.5) is 5.95 Å². The van der Waals surface area contributed by atoms with E-state index in [-0.39, 0.29) is 6.04 Å². The predicted molar refractivity (Wildman–Crippen MR) is 83.4 cm³/mol. The summed E-state index contributed by atoms with van der Waals surface area (Å²) in [6, 6.07) is 8.86. The molecule has 3 nitrogen and oxygen atoms in total. The van der Waals surface area contributed by atoms with Gasteiger partial charge in [0.1, 0.15) is 0 Å². The Hall–Kier alpha value is -1.48. The highest BCUT2D eigenvalue weighted by Gasteiger charge is 2.18. The Morgan fingerprint density at radius 2 is 1.95 bits per heavy atom. The Bertz CT molecular complexity index is 555. The summed E-state index contributed by atoms with van der Waals surface area (Å²) in [6.07, 6.45) is 9.06. The maximum atomic E-state index is 5.95. The monoisotopic (exact) mass is 289 g/mol.